The Morgan fingerprint density at radius 3 is 2.79 bits per heavy atom. The minimum atomic E-state index is 0.0700. The lowest BCUT2D eigenvalue weighted by atomic mass is 10.1. The van der Waals surface area contributed by atoms with Crippen LogP contribution in [-0.4, -0.2) is 33.5 Å². The van der Waals surface area contributed by atoms with Gasteiger partial charge in [0.15, 0.2) is 0 Å². The number of carbonyl (C=O) groups is 1. The first-order valence-electron chi connectivity index (χ1n) is 10.5. The number of ether oxygens (including phenoxy) is 1. The molecule has 0 aliphatic carbocycles. The van der Waals surface area contributed by atoms with Crippen molar-refractivity contribution in [1.82, 2.24) is 14.5 Å². The third-order valence-corrected chi connectivity index (χ3v) is 5.91. The van der Waals surface area contributed by atoms with Crippen molar-refractivity contribution in [2.75, 3.05) is 13.2 Å². The monoisotopic (exact) mass is 391 g/mol. The van der Waals surface area contributed by atoms with Crippen LogP contribution in [0.5, 0.6) is 5.75 Å². The SMILES string of the molecule is CC(=O)N1CCC[C@H]1c1nc2ccccc2n1CCCOc1ccc(C)c(C)c1. The largest absolute Gasteiger partial charge is 0.494 e. The fourth-order valence-electron chi connectivity index (χ4n) is 4.21. The summed E-state index contributed by atoms with van der Waals surface area (Å²) in [6, 6.07) is 14.5. The molecule has 1 aliphatic heterocycles. The smallest absolute Gasteiger partial charge is 0.220 e. The number of para-hydroxylation sites is 2. The van der Waals surface area contributed by atoms with E-state index in [0.717, 1.165) is 55.0 Å². The van der Waals surface area contributed by atoms with Crippen LogP contribution in [0.3, 0.4) is 0 Å². The topological polar surface area (TPSA) is 47.4 Å². The number of likely N-dealkylation sites (tertiary alicyclic amines) is 1. The van der Waals surface area contributed by atoms with E-state index in [1.165, 1.54) is 11.1 Å². The minimum Gasteiger partial charge on any atom is -0.494 e. The van der Waals surface area contributed by atoms with Gasteiger partial charge in [-0.05, 0) is 68.5 Å². The number of carbonyl (C=O) groups excluding carboxylic acids is 1. The molecule has 29 heavy (non-hydrogen) atoms. The van der Waals surface area contributed by atoms with E-state index in [2.05, 4.69) is 36.6 Å². The van der Waals surface area contributed by atoms with Crippen LogP contribution in [0.2, 0.25) is 0 Å². The molecule has 0 spiro atoms. The zero-order valence-electron chi connectivity index (χ0n) is 17.5. The highest BCUT2D eigenvalue weighted by molar-refractivity contribution is 5.77. The van der Waals surface area contributed by atoms with Crippen molar-refractivity contribution in [3.8, 4) is 5.75 Å². The number of hydrogen-bond acceptors (Lipinski definition) is 3. The van der Waals surface area contributed by atoms with Crippen LogP contribution in [-0.2, 0) is 11.3 Å². The summed E-state index contributed by atoms with van der Waals surface area (Å²) in [4.78, 5) is 19.0. The average Bonchev–Trinajstić information content (AvgIpc) is 3.32. The van der Waals surface area contributed by atoms with Crippen LogP contribution in [0.25, 0.3) is 11.0 Å². The van der Waals surface area contributed by atoms with Gasteiger partial charge in [0.1, 0.15) is 11.6 Å². The molecule has 1 amide bonds. The Morgan fingerprint density at radius 2 is 2.00 bits per heavy atom. The molecule has 5 nitrogen and oxygen atoms in total. The van der Waals surface area contributed by atoms with Crippen molar-refractivity contribution in [2.24, 2.45) is 0 Å². The standard InChI is InChI=1S/C24H29N3O2/c1-17-11-12-20(16-18(17)2)29-15-7-14-27-22-9-5-4-8-21(22)25-24(27)23-10-6-13-26(23)19(3)28/h4-5,8-9,11-12,16,23H,6-7,10,13-15H2,1-3H3/t23-/m0/s1. The second-order valence-electron chi connectivity index (χ2n) is 7.93. The second kappa shape index (κ2) is 8.27. The highest BCUT2D eigenvalue weighted by atomic mass is 16.5. The van der Waals surface area contributed by atoms with E-state index in [4.69, 9.17) is 9.72 Å². The summed E-state index contributed by atoms with van der Waals surface area (Å²) in [6.45, 7) is 8.16. The summed E-state index contributed by atoms with van der Waals surface area (Å²) in [5.74, 6) is 2.05. The van der Waals surface area contributed by atoms with E-state index in [-0.39, 0.29) is 11.9 Å². The molecule has 0 N–H and O–H groups in total. The van der Waals surface area contributed by atoms with Crippen molar-refractivity contribution in [2.45, 2.75) is 52.6 Å². The summed E-state index contributed by atoms with van der Waals surface area (Å²) in [7, 11) is 0. The van der Waals surface area contributed by atoms with Gasteiger partial charge in [-0.2, -0.15) is 0 Å². The fraction of sp³-hybridized carbons (Fsp3) is 0.417. The molecule has 5 heteroatoms. The van der Waals surface area contributed by atoms with Crippen molar-refractivity contribution >= 4 is 16.9 Å². The molecular weight excluding hydrogens is 362 g/mol. The molecule has 0 bridgehead atoms. The normalized spacial score (nSPS) is 16.5. The van der Waals surface area contributed by atoms with Crippen molar-refractivity contribution in [3.63, 3.8) is 0 Å². The number of nitrogens with zero attached hydrogens (tertiary/aromatic N) is 3. The maximum atomic E-state index is 12.1. The quantitative estimate of drug-likeness (QED) is 0.567. The Kier molecular flexibility index (Phi) is 5.56. The van der Waals surface area contributed by atoms with Gasteiger partial charge in [-0.1, -0.05) is 18.2 Å². The highest BCUT2D eigenvalue weighted by Crippen LogP contribution is 2.33. The zero-order valence-corrected chi connectivity index (χ0v) is 17.5. The molecule has 2 heterocycles. The first kappa shape index (κ1) is 19.5. The Hall–Kier alpha value is -2.82. The number of fused-ring (bicyclic) bond motifs is 1. The summed E-state index contributed by atoms with van der Waals surface area (Å²) in [6.07, 6.45) is 2.89. The lowest BCUT2D eigenvalue weighted by molar-refractivity contribution is -0.129. The van der Waals surface area contributed by atoms with Crippen LogP contribution < -0.4 is 4.74 Å². The number of hydrogen-bond donors (Lipinski definition) is 0. The molecule has 1 atom stereocenters. The molecule has 0 radical (unpaired) electrons. The molecule has 1 fully saturated rings. The summed E-state index contributed by atoms with van der Waals surface area (Å²) in [5.41, 5.74) is 4.64. The predicted octanol–water partition coefficient (Wildman–Crippen LogP) is 4.81. The molecule has 2 aromatic carbocycles. The van der Waals surface area contributed by atoms with Crippen molar-refractivity contribution < 1.29 is 9.53 Å². The fourth-order valence-corrected chi connectivity index (χ4v) is 4.21. The average molecular weight is 392 g/mol. The molecule has 152 valence electrons. The lowest BCUT2D eigenvalue weighted by Crippen LogP contribution is -2.30. The van der Waals surface area contributed by atoms with Gasteiger partial charge in [0.05, 0.1) is 23.7 Å². The number of rotatable bonds is 6. The summed E-state index contributed by atoms with van der Waals surface area (Å²) < 4.78 is 8.26. The van der Waals surface area contributed by atoms with Crippen LogP contribution in [0.4, 0.5) is 0 Å². The van der Waals surface area contributed by atoms with Crippen LogP contribution in [0.1, 0.15) is 49.2 Å². The lowest BCUT2D eigenvalue weighted by Gasteiger charge is -2.24. The molecule has 1 aliphatic rings. The minimum absolute atomic E-state index is 0.0700. The molecule has 1 aromatic heterocycles. The van der Waals surface area contributed by atoms with Gasteiger partial charge < -0.3 is 14.2 Å². The molecule has 0 saturated carbocycles. The van der Waals surface area contributed by atoms with Crippen LogP contribution in [0, 0.1) is 13.8 Å². The number of benzene rings is 2. The maximum Gasteiger partial charge on any atom is 0.220 e. The van der Waals surface area contributed by atoms with E-state index in [9.17, 15) is 4.79 Å². The van der Waals surface area contributed by atoms with E-state index in [1.807, 2.05) is 29.2 Å². The van der Waals surface area contributed by atoms with Gasteiger partial charge >= 0.3 is 0 Å². The Morgan fingerprint density at radius 1 is 1.17 bits per heavy atom. The van der Waals surface area contributed by atoms with E-state index in [0.29, 0.717) is 6.61 Å². The van der Waals surface area contributed by atoms with E-state index < -0.39 is 0 Å². The maximum absolute atomic E-state index is 12.1. The van der Waals surface area contributed by atoms with Gasteiger partial charge in [0.25, 0.3) is 0 Å². The van der Waals surface area contributed by atoms with Gasteiger partial charge in [-0.25, -0.2) is 4.98 Å². The highest BCUT2D eigenvalue weighted by Gasteiger charge is 2.32. The summed E-state index contributed by atoms with van der Waals surface area (Å²) in [5, 5.41) is 0. The van der Waals surface area contributed by atoms with Crippen LogP contribution in [0.15, 0.2) is 42.5 Å². The first-order chi connectivity index (χ1) is 14.0. The van der Waals surface area contributed by atoms with Crippen molar-refractivity contribution in [1.29, 1.82) is 0 Å². The van der Waals surface area contributed by atoms with Gasteiger partial charge in [-0.3, -0.25) is 4.79 Å². The number of imidazole rings is 1. The zero-order chi connectivity index (χ0) is 20.4. The van der Waals surface area contributed by atoms with Gasteiger partial charge in [0, 0.05) is 20.0 Å². The Bertz CT molecular complexity index is 1020. The third kappa shape index (κ3) is 4.00. The van der Waals surface area contributed by atoms with Gasteiger partial charge in [-0.15, -0.1) is 0 Å². The predicted molar refractivity (Wildman–Crippen MR) is 115 cm³/mol. The van der Waals surface area contributed by atoms with Gasteiger partial charge in [0.2, 0.25) is 5.91 Å². The number of aromatic nitrogens is 2. The summed E-state index contributed by atoms with van der Waals surface area (Å²) >= 11 is 0. The Labute approximate surface area is 172 Å². The molecular formula is C24H29N3O2. The van der Waals surface area contributed by atoms with Crippen molar-refractivity contribution in [3.05, 3.63) is 59.4 Å². The molecule has 1 saturated heterocycles. The number of amides is 1. The Balaban J connectivity index is 1.51. The third-order valence-electron chi connectivity index (χ3n) is 5.91. The van der Waals surface area contributed by atoms with E-state index >= 15 is 0 Å². The molecule has 0 unspecified atom stereocenters. The van der Waals surface area contributed by atoms with Crippen LogP contribution >= 0.6 is 0 Å². The second-order valence-corrected chi connectivity index (χ2v) is 7.93. The number of aryl methyl sites for hydroxylation is 3. The molecule has 3 aromatic rings. The first-order valence-corrected chi connectivity index (χ1v) is 10.5. The van der Waals surface area contributed by atoms with E-state index in [1.54, 1.807) is 6.92 Å². The molecule has 4 rings (SSSR count).